The Balaban J connectivity index is 2.57. The van der Waals surface area contributed by atoms with E-state index in [0.29, 0.717) is 26.1 Å². The van der Waals surface area contributed by atoms with Gasteiger partial charge in [0.2, 0.25) is 0 Å². The van der Waals surface area contributed by atoms with Gasteiger partial charge in [0.1, 0.15) is 0 Å². The molecular formula is C9H16O4. The minimum Gasteiger partial charge on any atom is -0.464 e. The van der Waals surface area contributed by atoms with E-state index in [1.165, 1.54) is 0 Å². The first-order valence-electron chi connectivity index (χ1n) is 4.59. The number of carbonyl (C=O) groups is 1. The molecule has 1 heterocycles. The Hall–Kier alpha value is -0.610. The Morgan fingerprint density at radius 3 is 3.00 bits per heavy atom. The monoisotopic (exact) mass is 188 g/mol. The molecule has 1 rings (SSSR count). The molecule has 0 saturated carbocycles. The van der Waals surface area contributed by atoms with Crippen molar-refractivity contribution in [1.29, 1.82) is 0 Å². The Morgan fingerprint density at radius 2 is 2.46 bits per heavy atom. The lowest BCUT2D eigenvalue weighted by atomic mass is 9.91. The topological polar surface area (TPSA) is 55.8 Å². The second-order valence-corrected chi connectivity index (χ2v) is 3.39. The average Bonchev–Trinajstić information content (AvgIpc) is 2.04. The van der Waals surface area contributed by atoms with Crippen molar-refractivity contribution in [3.8, 4) is 0 Å². The van der Waals surface area contributed by atoms with E-state index in [-0.39, 0.29) is 6.10 Å². The van der Waals surface area contributed by atoms with Crippen molar-refractivity contribution in [3.05, 3.63) is 0 Å². The van der Waals surface area contributed by atoms with E-state index in [2.05, 4.69) is 0 Å². The van der Waals surface area contributed by atoms with Gasteiger partial charge >= 0.3 is 5.97 Å². The van der Waals surface area contributed by atoms with E-state index in [4.69, 9.17) is 9.47 Å². The van der Waals surface area contributed by atoms with Gasteiger partial charge in [-0.3, -0.25) is 0 Å². The fourth-order valence-corrected chi connectivity index (χ4v) is 1.52. The first-order valence-corrected chi connectivity index (χ1v) is 4.59. The summed E-state index contributed by atoms with van der Waals surface area (Å²) in [7, 11) is 0. The minimum absolute atomic E-state index is 0.0804. The number of ether oxygens (including phenoxy) is 2. The third kappa shape index (κ3) is 2.42. The van der Waals surface area contributed by atoms with E-state index >= 15 is 0 Å². The fraction of sp³-hybridized carbons (Fsp3) is 0.889. The molecule has 0 aromatic heterocycles. The van der Waals surface area contributed by atoms with E-state index in [1.807, 2.05) is 6.92 Å². The Kier molecular flexibility index (Phi) is 3.27. The van der Waals surface area contributed by atoms with Gasteiger partial charge < -0.3 is 14.6 Å². The quantitative estimate of drug-likeness (QED) is 0.640. The first kappa shape index (κ1) is 10.5. The summed E-state index contributed by atoms with van der Waals surface area (Å²) in [4.78, 5) is 11.3. The Morgan fingerprint density at radius 1 is 1.77 bits per heavy atom. The predicted molar refractivity (Wildman–Crippen MR) is 46.2 cm³/mol. The number of hydrogen-bond acceptors (Lipinski definition) is 4. The number of esters is 1. The van der Waals surface area contributed by atoms with Crippen LogP contribution in [-0.2, 0) is 14.3 Å². The maximum absolute atomic E-state index is 11.3. The first-order chi connectivity index (χ1) is 6.08. The molecule has 4 nitrogen and oxygen atoms in total. The molecule has 0 amide bonds. The van der Waals surface area contributed by atoms with E-state index in [0.717, 1.165) is 0 Å². The minimum atomic E-state index is -1.33. The van der Waals surface area contributed by atoms with Gasteiger partial charge in [-0.2, -0.15) is 0 Å². The van der Waals surface area contributed by atoms with E-state index in [9.17, 15) is 9.90 Å². The molecule has 4 heteroatoms. The zero-order valence-electron chi connectivity index (χ0n) is 8.08. The van der Waals surface area contributed by atoms with Crippen LogP contribution >= 0.6 is 0 Å². The molecular weight excluding hydrogens is 172 g/mol. The highest BCUT2D eigenvalue weighted by molar-refractivity contribution is 5.79. The van der Waals surface area contributed by atoms with Gasteiger partial charge in [0, 0.05) is 12.8 Å². The molecule has 76 valence electrons. The zero-order chi connectivity index (χ0) is 9.90. The summed E-state index contributed by atoms with van der Waals surface area (Å²) < 4.78 is 10.0. The van der Waals surface area contributed by atoms with Crippen LogP contribution in [0.15, 0.2) is 0 Å². The lowest BCUT2D eigenvalue weighted by Gasteiger charge is -2.33. The average molecular weight is 188 g/mol. The van der Waals surface area contributed by atoms with Crippen LogP contribution in [0.3, 0.4) is 0 Å². The second-order valence-electron chi connectivity index (χ2n) is 3.39. The molecule has 2 atom stereocenters. The van der Waals surface area contributed by atoms with Crippen molar-refractivity contribution in [3.63, 3.8) is 0 Å². The predicted octanol–water partition coefficient (Wildman–Crippen LogP) is 0.479. The van der Waals surface area contributed by atoms with Gasteiger partial charge in [0.25, 0.3) is 0 Å². The van der Waals surface area contributed by atoms with Crippen LogP contribution in [0.5, 0.6) is 0 Å². The maximum Gasteiger partial charge on any atom is 0.338 e. The van der Waals surface area contributed by atoms with Crippen molar-refractivity contribution in [2.45, 2.75) is 38.4 Å². The number of rotatable bonds is 2. The lowest BCUT2D eigenvalue weighted by Crippen LogP contribution is -2.47. The summed E-state index contributed by atoms with van der Waals surface area (Å²) >= 11 is 0. The molecule has 0 radical (unpaired) electrons. The van der Waals surface area contributed by atoms with Crippen molar-refractivity contribution in [2.75, 3.05) is 13.2 Å². The lowest BCUT2D eigenvalue weighted by molar-refractivity contribution is -0.179. The summed E-state index contributed by atoms with van der Waals surface area (Å²) in [6.45, 7) is 4.28. The van der Waals surface area contributed by atoms with Crippen molar-refractivity contribution < 1.29 is 19.4 Å². The Bertz CT molecular complexity index is 192. The van der Waals surface area contributed by atoms with E-state index < -0.39 is 11.6 Å². The van der Waals surface area contributed by atoms with Crippen LogP contribution in [0.25, 0.3) is 0 Å². The highest BCUT2D eigenvalue weighted by Crippen LogP contribution is 2.25. The van der Waals surface area contributed by atoms with Gasteiger partial charge in [0.05, 0.1) is 19.3 Å². The summed E-state index contributed by atoms with van der Waals surface area (Å²) in [6, 6.07) is 0. The summed E-state index contributed by atoms with van der Waals surface area (Å²) in [5.41, 5.74) is -1.33. The van der Waals surface area contributed by atoms with Crippen LogP contribution < -0.4 is 0 Å². The SMILES string of the molecule is CCOC(=O)C1(O)CCOC(C)C1. The van der Waals surface area contributed by atoms with Crippen LogP contribution in [0.1, 0.15) is 26.7 Å². The van der Waals surface area contributed by atoms with Crippen LogP contribution in [0.4, 0.5) is 0 Å². The summed E-state index contributed by atoms with van der Waals surface area (Å²) in [6.07, 6.45) is 0.574. The molecule has 1 fully saturated rings. The molecule has 1 aliphatic rings. The van der Waals surface area contributed by atoms with Gasteiger partial charge in [0.15, 0.2) is 5.60 Å². The van der Waals surface area contributed by atoms with Crippen LogP contribution in [0, 0.1) is 0 Å². The van der Waals surface area contributed by atoms with Crippen LogP contribution in [-0.4, -0.2) is 36.0 Å². The summed E-state index contributed by atoms with van der Waals surface area (Å²) in [5, 5.41) is 9.89. The number of aliphatic hydroxyl groups is 1. The molecule has 2 unspecified atom stereocenters. The molecule has 0 spiro atoms. The van der Waals surface area contributed by atoms with Gasteiger partial charge in [-0.1, -0.05) is 0 Å². The Labute approximate surface area is 77.8 Å². The molecule has 0 bridgehead atoms. The molecule has 1 aliphatic heterocycles. The van der Waals surface area contributed by atoms with Crippen LogP contribution in [0.2, 0.25) is 0 Å². The second kappa shape index (κ2) is 4.07. The van der Waals surface area contributed by atoms with Crippen molar-refractivity contribution >= 4 is 5.97 Å². The van der Waals surface area contributed by atoms with Gasteiger partial charge in [-0.15, -0.1) is 0 Å². The number of carbonyl (C=O) groups excluding carboxylic acids is 1. The highest BCUT2D eigenvalue weighted by atomic mass is 16.6. The standard InChI is InChI=1S/C9H16O4/c1-3-12-8(10)9(11)4-5-13-7(2)6-9/h7,11H,3-6H2,1-2H3. The zero-order valence-corrected chi connectivity index (χ0v) is 8.08. The fourth-order valence-electron chi connectivity index (χ4n) is 1.52. The molecule has 0 aromatic carbocycles. The molecule has 1 N–H and O–H groups in total. The smallest absolute Gasteiger partial charge is 0.338 e. The third-order valence-corrected chi connectivity index (χ3v) is 2.20. The molecule has 0 aliphatic carbocycles. The molecule has 13 heavy (non-hydrogen) atoms. The van der Waals surface area contributed by atoms with Gasteiger partial charge in [-0.05, 0) is 13.8 Å². The normalized spacial score (nSPS) is 34.2. The van der Waals surface area contributed by atoms with E-state index in [1.54, 1.807) is 6.92 Å². The highest BCUT2D eigenvalue weighted by Gasteiger charge is 2.41. The van der Waals surface area contributed by atoms with Gasteiger partial charge in [-0.25, -0.2) is 4.79 Å². The van der Waals surface area contributed by atoms with Crippen molar-refractivity contribution in [1.82, 2.24) is 0 Å². The molecule has 0 aromatic rings. The maximum atomic E-state index is 11.3. The third-order valence-electron chi connectivity index (χ3n) is 2.20. The van der Waals surface area contributed by atoms with Crippen molar-refractivity contribution in [2.24, 2.45) is 0 Å². The largest absolute Gasteiger partial charge is 0.464 e. The summed E-state index contributed by atoms with van der Waals surface area (Å²) in [5.74, 6) is -0.523. The molecule has 1 saturated heterocycles. The number of hydrogen-bond donors (Lipinski definition) is 1.